The molecule has 6 rings (SSSR count). The van der Waals surface area contributed by atoms with E-state index in [4.69, 9.17) is 25.0 Å². The van der Waals surface area contributed by atoms with Crippen LogP contribution in [0.2, 0.25) is 0 Å². The summed E-state index contributed by atoms with van der Waals surface area (Å²) in [4.78, 5) is 31.6. The number of carbonyl (C=O) groups is 1. The van der Waals surface area contributed by atoms with Crippen LogP contribution in [0.4, 0.5) is 15.9 Å². The molecule has 2 N–H and O–H groups in total. The molecule has 2 heterocycles. The molecule has 13 heteroatoms. The van der Waals surface area contributed by atoms with Gasteiger partial charge in [0, 0.05) is 17.7 Å². The van der Waals surface area contributed by atoms with Gasteiger partial charge in [-0.1, -0.05) is 6.07 Å². The van der Waals surface area contributed by atoms with Crippen LogP contribution in [0.3, 0.4) is 0 Å². The van der Waals surface area contributed by atoms with Gasteiger partial charge < -0.3 is 19.9 Å². The van der Waals surface area contributed by atoms with Crippen LogP contribution in [0, 0.1) is 15.9 Å². The van der Waals surface area contributed by atoms with Crippen molar-refractivity contribution in [2.45, 2.75) is 37.8 Å². The molecule has 1 fully saturated rings. The summed E-state index contributed by atoms with van der Waals surface area (Å²) in [6.45, 7) is 0. The molecule has 0 saturated heterocycles. The number of hydrogen-bond acceptors (Lipinski definition) is 10. The second-order valence-corrected chi connectivity index (χ2v) is 10.3. The lowest BCUT2D eigenvalue weighted by atomic mass is 9.93. The summed E-state index contributed by atoms with van der Waals surface area (Å²) in [5.74, 6) is -0.264. The standard InChI is InChI=1S/C31H27FN6O6/c1-42-24-3-2-4-25(27(24)32)43-22-13-7-18(8-14-22)28-26-29(33)34-17-35-30(26)37(36-28)20-11-15-23(16-12-20)44-31(39)19-5-9-21(10-6-19)38(40)41/h2-10,13-14,17,20,23H,11-12,15-16H2,1H3,(H2,33,34,35)/t20-,23-. The predicted molar refractivity (Wildman–Crippen MR) is 158 cm³/mol. The van der Waals surface area contributed by atoms with Gasteiger partial charge in [0.1, 0.15) is 29.7 Å². The second-order valence-electron chi connectivity index (χ2n) is 10.3. The maximum atomic E-state index is 14.6. The molecular formula is C31H27FN6O6. The van der Waals surface area contributed by atoms with Gasteiger partial charge in [-0.25, -0.2) is 19.4 Å². The predicted octanol–water partition coefficient (Wildman–Crippen LogP) is 6.26. The number of esters is 1. The number of non-ortho nitro benzene ring substituents is 1. The lowest BCUT2D eigenvalue weighted by molar-refractivity contribution is -0.384. The van der Waals surface area contributed by atoms with Crippen molar-refractivity contribution in [2.75, 3.05) is 12.8 Å². The third-order valence-corrected chi connectivity index (χ3v) is 7.60. The Hall–Kier alpha value is -5.59. The Morgan fingerprint density at radius 1 is 1.00 bits per heavy atom. The zero-order chi connectivity index (χ0) is 30.8. The highest BCUT2D eigenvalue weighted by Crippen LogP contribution is 2.38. The molecule has 0 spiro atoms. The Balaban J connectivity index is 1.18. The molecule has 0 aliphatic heterocycles. The first kappa shape index (κ1) is 28.5. The van der Waals surface area contributed by atoms with E-state index >= 15 is 0 Å². The molecule has 44 heavy (non-hydrogen) atoms. The van der Waals surface area contributed by atoms with Crippen LogP contribution in [0.25, 0.3) is 22.3 Å². The number of aromatic nitrogens is 4. The van der Waals surface area contributed by atoms with Crippen LogP contribution in [0.5, 0.6) is 17.2 Å². The number of anilines is 1. The van der Waals surface area contributed by atoms with Crippen LogP contribution in [-0.2, 0) is 4.74 Å². The second kappa shape index (κ2) is 12.0. The Labute approximate surface area is 250 Å². The van der Waals surface area contributed by atoms with Crippen LogP contribution in [0.1, 0.15) is 42.1 Å². The number of nitro benzene ring substituents is 1. The third kappa shape index (κ3) is 5.59. The molecule has 1 aliphatic carbocycles. The number of nitrogens with two attached hydrogens (primary N) is 1. The van der Waals surface area contributed by atoms with E-state index in [1.165, 1.54) is 49.8 Å². The van der Waals surface area contributed by atoms with E-state index in [1.54, 1.807) is 30.3 Å². The Morgan fingerprint density at radius 2 is 1.70 bits per heavy atom. The number of rotatable bonds is 8. The molecule has 0 bridgehead atoms. The lowest BCUT2D eigenvalue weighted by Crippen LogP contribution is -2.26. The first-order valence-electron chi connectivity index (χ1n) is 13.9. The van der Waals surface area contributed by atoms with Gasteiger partial charge in [0.2, 0.25) is 5.82 Å². The third-order valence-electron chi connectivity index (χ3n) is 7.60. The van der Waals surface area contributed by atoms with E-state index in [-0.39, 0.29) is 34.9 Å². The molecule has 1 saturated carbocycles. The van der Waals surface area contributed by atoms with Gasteiger partial charge in [-0.3, -0.25) is 10.1 Å². The first-order chi connectivity index (χ1) is 21.3. The Morgan fingerprint density at radius 3 is 2.39 bits per heavy atom. The SMILES string of the molecule is COc1cccc(Oc2ccc(-c3nn([C@H]4CC[C@H](OC(=O)c5ccc([N+](=O)[O-])cc5)CC4)c4ncnc(N)c34)cc2)c1F. The first-order valence-corrected chi connectivity index (χ1v) is 13.9. The fourth-order valence-electron chi connectivity index (χ4n) is 5.33. The number of ether oxygens (including phenoxy) is 3. The van der Waals surface area contributed by atoms with Crippen molar-refractivity contribution in [3.63, 3.8) is 0 Å². The summed E-state index contributed by atoms with van der Waals surface area (Å²) in [5, 5.41) is 16.4. The van der Waals surface area contributed by atoms with E-state index in [9.17, 15) is 19.3 Å². The minimum absolute atomic E-state index is 0.0199. The van der Waals surface area contributed by atoms with E-state index < -0.39 is 16.7 Å². The van der Waals surface area contributed by atoms with Crippen molar-refractivity contribution in [3.05, 3.63) is 94.6 Å². The number of nitrogen functional groups attached to an aromatic ring is 1. The summed E-state index contributed by atoms with van der Waals surface area (Å²) in [5.41, 5.74) is 8.41. The van der Waals surface area contributed by atoms with Gasteiger partial charge in [-0.05, 0) is 74.2 Å². The van der Waals surface area contributed by atoms with E-state index in [0.29, 0.717) is 54.0 Å². The highest BCUT2D eigenvalue weighted by molar-refractivity contribution is 5.98. The maximum Gasteiger partial charge on any atom is 0.338 e. The minimum atomic E-state index is -0.593. The molecule has 12 nitrogen and oxygen atoms in total. The molecule has 224 valence electrons. The number of fused-ring (bicyclic) bond motifs is 1. The maximum absolute atomic E-state index is 14.6. The Bertz CT molecular complexity index is 1840. The van der Waals surface area contributed by atoms with Gasteiger partial charge in [-0.2, -0.15) is 9.49 Å². The fourth-order valence-corrected chi connectivity index (χ4v) is 5.33. The average molecular weight is 599 g/mol. The van der Waals surface area contributed by atoms with Crippen molar-refractivity contribution < 1.29 is 28.3 Å². The van der Waals surface area contributed by atoms with Crippen LogP contribution < -0.4 is 15.2 Å². The molecule has 0 unspecified atom stereocenters. The monoisotopic (exact) mass is 598 g/mol. The van der Waals surface area contributed by atoms with E-state index in [1.807, 2.05) is 4.68 Å². The minimum Gasteiger partial charge on any atom is -0.494 e. The highest BCUT2D eigenvalue weighted by Gasteiger charge is 2.29. The largest absolute Gasteiger partial charge is 0.494 e. The normalized spacial score (nSPS) is 16.4. The van der Waals surface area contributed by atoms with Crippen molar-refractivity contribution in [2.24, 2.45) is 0 Å². The molecular weight excluding hydrogens is 571 g/mol. The zero-order valence-electron chi connectivity index (χ0n) is 23.6. The number of hydrogen-bond donors (Lipinski definition) is 1. The molecule has 0 atom stereocenters. The summed E-state index contributed by atoms with van der Waals surface area (Å²) in [6, 6.07) is 17.0. The summed E-state index contributed by atoms with van der Waals surface area (Å²) >= 11 is 0. The molecule has 1 aliphatic rings. The smallest absolute Gasteiger partial charge is 0.338 e. The number of carbonyl (C=O) groups excluding carboxylic acids is 1. The Kier molecular flexibility index (Phi) is 7.75. The van der Waals surface area contributed by atoms with Gasteiger partial charge in [0.25, 0.3) is 5.69 Å². The summed E-state index contributed by atoms with van der Waals surface area (Å²) < 4.78 is 32.9. The molecule has 3 aromatic carbocycles. The molecule has 0 amide bonds. The zero-order valence-corrected chi connectivity index (χ0v) is 23.6. The quantitative estimate of drug-likeness (QED) is 0.123. The molecule has 2 aromatic heterocycles. The number of halogens is 1. The van der Waals surface area contributed by atoms with Crippen molar-refractivity contribution in [1.82, 2.24) is 19.7 Å². The molecule has 0 radical (unpaired) electrons. The van der Waals surface area contributed by atoms with Crippen LogP contribution in [-0.4, -0.2) is 43.9 Å². The van der Waals surface area contributed by atoms with E-state index in [2.05, 4.69) is 9.97 Å². The molecule has 5 aromatic rings. The summed E-state index contributed by atoms with van der Waals surface area (Å²) in [7, 11) is 1.39. The number of nitro groups is 1. The number of methoxy groups -OCH3 is 1. The topological polar surface area (TPSA) is 158 Å². The van der Waals surface area contributed by atoms with E-state index in [0.717, 1.165) is 5.56 Å². The van der Waals surface area contributed by atoms with Gasteiger partial charge in [0.05, 0.1) is 29.0 Å². The lowest BCUT2D eigenvalue weighted by Gasteiger charge is -2.28. The van der Waals surface area contributed by atoms with Gasteiger partial charge >= 0.3 is 5.97 Å². The van der Waals surface area contributed by atoms with Gasteiger partial charge in [0.15, 0.2) is 17.1 Å². The van der Waals surface area contributed by atoms with Crippen molar-refractivity contribution in [1.29, 1.82) is 0 Å². The summed E-state index contributed by atoms with van der Waals surface area (Å²) in [6.07, 6.45) is 3.67. The van der Waals surface area contributed by atoms with Gasteiger partial charge in [-0.15, -0.1) is 0 Å². The van der Waals surface area contributed by atoms with Crippen LogP contribution >= 0.6 is 0 Å². The van der Waals surface area contributed by atoms with Crippen molar-refractivity contribution >= 4 is 28.5 Å². The number of nitrogens with zero attached hydrogens (tertiary/aromatic N) is 5. The highest BCUT2D eigenvalue weighted by atomic mass is 19.1. The number of benzene rings is 3. The average Bonchev–Trinajstić information content (AvgIpc) is 3.44. The fraction of sp³-hybridized carbons (Fsp3) is 0.226. The van der Waals surface area contributed by atoms with Crippen molar-refractivity contribution in [3.8, 4) is 28.5 Å². The van der Waals surface area contributed by atoms with Crippen LogP contribution in [0.15, 0.2) is 73.1 Å².